The van der Waals surface area contributed by atoms with E-state index < -0.39 is 11.7 Å². The maximum atomic E-state index is 13.7. The zero-order valence-electron chi connectivity index (χ0n) is 24.5. The van der Waals surface area contributed by atoms with Gasteiger partial charge in [-0.25, -0.2) is 9.37 Å². The lowest BCUT2D eigenvalue weighted by atomic mass is 10.1. The molecule has 2 heterocycles. The van der Waals surface area contributed by atoms with E-state index in [1.165, 1.54) is 36.2 Å². The first-order chi connectivity index (χ1) is 22.3. The number of allylic oxidation sites excluding steroid dienone is 1. The van der Waals surface area contributed by atoms with Crippen molar-refractivity contribution >= 4 is 55.6 Å². The fraction of sp³-hybridized carbons (Fsp3) is 0.0857. The number of furan rings is 1. The lowest BCUT2D eigenvalue weighted by Gasteiger charge is -2.16. The Morgan fingerprint density at radius 2 is 1.96 bits per heavy atom. The van der Waals surface area contributed by atoms with Gasteiger partial charge in [0.1, 0.15) is 11.4 Å². The molecule has 0 aliphatic heterocycles. The summed E-state index contributed by atoms with van der Waals surface area (Å²) >= 11 is 3.48. The largest absolute Gasteiger partial charge is 0.493 e. The van der Waals surface area contributed by atoms with E-state index in [1.54, 1.807) is 42.5 Å². The molecule has 0 saturated heterocycles. The lowest BCUT2D eigenvalue weighted by Crippen LogP contribution is -2.21. The maximum Gasteiger partial charge on any atom is 0.282 e. The fourth-order valence-electron chi connectivity index (χ4n) is 4.92. The SMILES string of the molecule is C=CCc1cc(C=Nn2c(-c3cc4cc(Br)ccc4o3)nc3ccccc3c2=O)cc(OC)c1OCC(=O)Nc1cccc(F)c1. The van der Waals surface area contributed by atoms with E-state index in [-0.39, 0.29) is 18.0 Å². The summed E-state index contributed by atoms with van der Waals surface area (Å²) in [5.41, 5.74) is 2.34. The Balaban J connectivity index is 1.35. The van der Waals surface area contributed by atoms with Gasteiger partial charge in [0.2, 0.25) is 5.82 Å². The van der Waals surface area contributed by atoms with Gasteiger partial charge in [0.15, 0.2) is 23.9 Å². The second kappa shape index (κ2) is 13.2. The van der Waals surface area contributed by atoms with Gasteiger partial charge in [-0.1, -0.05) is 40.2 Å². The molecule has 0 bridgehead atoms. The van der Waals surface area contributed by atoms with Gasteiger partial charge in [-0.05, 0) is 78.7 Å². The highest BCUT2D eigenvalue weighted by Crippen LogP contribution is 2.34. The number of carbonyl (C=O) groups excluding carboxylic acids is 1. The Morgan fingerprint density at radius 1 is 1.11 bits per heavy atom. The smallest absolute Gasteiger partial charge is 0.282 e. The molecule has 6 rings (SSSR count). The molecule has 11 heteroatoms. The van der Waals surface area contributed by atoms with E-state index in [0.29, 0.717) is 57.0 Å². The molecule has 6 aromatic rings. The number of benzene rings is 4. The summed E-state index contributed by atoms with van der Waals surface area (Å²) in [4.78, 5) is 31.0. The van der Waals surface area contributed by atoms with Crippen LogP contribution in [0.4, 0.5) is 10.1 Å². The molecule has 0 atom stereocenters. The summed E-state index contributed by atoms with van der Waals surface area (Å²) in [6, 6.07) is 23.5. The van der Waals surface area contributed by atoms with Crippen LogP contribution in [0.2, 0.25) is 0 Å². The third kappa shape index (κ3) is 6.45. The normalized spacial score (nSPS) is 11.3. The summed E-state index contributed by atoms with van der Waals surface area (Å²) in [5.74, 6) is 0.342. The quantitative estimate of drug-likeness (QED) is 0.120. The van der Waals surface area contributed by atoms with Crippen LogP contribution in [0.1, 0.15) is 11.1 Å². The van der Waals surface area contributed by atoms with Crippen LogP contribution in [-0.4, -0.2) is 35.5 Å². The molecule has 1 N–H and O–H groups in total. The number of anilines is 1. The van der Waals surface area contributed by atoms with Crippen LogP contribution in [0.3, 0.4) is 0 Å². The number of amides is 1. The molecular weight excluding hydrogens is 655 g/mol. The van der Waals surface area contributed by atoms with Crippen molar-refractivity contribution in [3.63, 3.8) is 0 Å². The third-order valence-electron chi connectivity index (χ3n) is 6.97. The van der Waals surface area contributed by atoms with E-state index in [0.717, 1.165) is 9.86 Å². The van der Waals surface area contributed by atoms with E-state index in [9.17, 15) is 14.0 Å². The molecule has 1 amide bonds. The predicted octanol–water partition coefficient (Wildman–Crippen LogP) is 7.35. The standard InChI is InChI=1S/C35H26BrFN4O5/c1-3-7-22-14-21(15-30(44-2)33(22)45-20-32(42)39-26-9-6-8-25(37)18-26)19-38-41-34(40-28-11-5-4-10-27(28)35(41)43)31-17-23-16-24(36)12-13-29(23)46-31/h3-6,8-19H,1,7,20H2,2H3,(H,39,42). The van der Waals surface area contributed by atoms with Crippen molar-refractivity contribution < 1.29 is 23.1 Å². The van der Waals surface area contributed by atoms with Crippen LogP contribution in [0.15, 0.2) is 116 Å². The van der Waals surface area contributed by atoms with Crippen LogP contribution < -0.4 is 20.3 Å². The first kappa shape index (κ1) is 30.5. The van der Waals surface area contributed by atoms with Crippen LogP contribution in [-0.2, 0) is 11.2 Å². The van der Waals surface area contributed by atoms with Gasteiger partial charge in [-0.15, -0.1) is 6.58 Å². The topological polar surface area (TPSA) is 108 Å². The van der Waals surface area contributed by atoms with E-state index >= 15 is 0 Å². The average molecular weight is 682 g/mol. The van der Waals surface area contributed by atoms with Gasteiger partial charge in [0.25, 0.3) is 11.5 Å². The number of para-hydroxylation sites is 1. The minimum absolute atomic E-state index is 0.231. The number of fused-ring (bicyclic) bond motifs is 2. The van der Waals surface area contributed by atoms with E-state index in [2.05, 4.69) is 32.9 Å². The molecule has 46 heavy (non-hydrogen) atoms. The Bertz CT molecular complexity index is 2210. The number of hydrogen-bond donors (Lipinski definition) is 1. The van der Waals surface area contributed by atoms with Gasteiger partial charge < -0.3 is 19.2 Å². The third-order valence-corrected chi connectivity index (χ3v) is 7.46. The number of halogens is 2. The van der Waals surface area contributed by atoms with Crippen LogP contribution in [0.25, 0.3) is 33.5 Å². The molecule has 0 aliphatic carbocycles. The number of carbonyl (C=O) groups is 1. The van der Waals surface area contributed by atoms with Crippen LogP contribution in [0, 0.1) is 5.82 Å². The second-order valence-electron chi connectivity index (χ2n) is 10.2. The summed E-state index contributed by atoms with van der Waals surface area (Å²) < 4.78 is 33.2. The molecule has 4 aromatic carbocycles. The van der Waals surface area contributed by atoms with E-state index in [4.69, 9.17) is 18.9 Å². The Morgan fingerprint density at radius 3 is 2.76 bits per heavy atom. The van der Waals surface area contributed by atoms with Crippen molar-refractivity contribution in [2.24, 2.45) is 5.10 Å². The Kier molecular flexibility index (Phi) is 8.75. The van der Waals surface area contributed by atoms with Crippen molar-refractivity contribution in [2.75, 3.05) is 19.0 Å². The molecule has 230 valence electrons. The van der Waals surface area contributed by atoms with Gasteiger partial charge in [-0.2, -0.15) is 9.78 Å². The minimum atomic E-state index is -0.475. The average Bonchev–Trinajstić information content (AvgIpc) is 3.47. The van der Waals surface area contributed by atoms with Gasteiger partial charge in [0, 0.05) is 21.1 Å². The number of nitrogens with one attached hydrogen (secondary N) is 1. The first-order valence-corrected chi connectivity index (χ1v) is 14.9. The molecule has 0 unspecified atom stereocenters. The maximum absolute atomic E-state index is 13.7. The predicted molar refractivity (Wildman–Crippen MR) is 179 cm³/mol. The lowest BCUT2D eigenvalue weighted by molar-refractivity contribution is -0.118. The first-order valence-electron chi connectivity index (χ1n) is 14.1. The Hall–Kier alpha value is -5.55. The minimum Gasteiger partial charge on any atom is -0.493 e. The molecule has 9 nitrogen and oxygen atoms in total. The number of methoxy groups -OCH3 is 1. The van der Waals surface area contributed by atoms with Gasteiger partial charge >= 0.3 is 0 Å². The summed E-state index contributed by atoms with van der Waals surface area (Å²) in [6.07, 6.45) is 3.58. The van der Waals surface area contributed by atoms with Crippen molar-refractivity contribution in [1.82, 2.24) is 9.66 Å². The van der Waals surface area contributed by atoms with Crippen molar-refractivity contribution in [2.45, 2.75) is 6.42 Å². The molecular formula is C35H26BrFN4O5. The zero-order valence-corrected chi connectivity index (χ0v) is 26.1. The molecule has 0 spiro atoms. The molecule has 0 fully saturated rings. The summed E-state index contributed by atoms with van der Waals surface area (Å²) in [5, 5.41) is 8.39. The number of aromatic nitrogens is 2. The zero-order chi connectivity index (χ0) is 32.2. The van der Waals surface area contributed by atoms with Gasteiger partial charge in [-0.3, -0.25) is 9.59 Å². The van der Waals surface area contributed by atoms with Crippen molar-refractivity contribution in [3.8, 4) is 23.1 Å². The molecule has 0 saturated carbocycles. The number of hydrogen-bond acceptors (Lipinski definition) is 7. The summed E-state index contributed by atoms with van der Waals surface area (Å²) in [6.45, 7) is 3.49. The van der Waals surface area contributed by atoms with Crippen LogP contribution in [0.5, 0.6) is 11.5 Å². The highest BCUT2D eigenvalue weighted by molar-refractivity contribution is 9.10. The monoisotopic (exact) mass is 680 g/mol. The number of rotatable bonds is 10. The number of ether oxygens (including phenoxy) is 2. The highest BCUT2D eigenvalue weighted by Gasteiger charge is 2.18. The van der Waals surface area contributed by atoms with Crippen molar-refractivity contribution in [3.05, 3.63) is 129 Å². The van der Waals surface area contributed by atoms with Gasteiger partial charge in [0.05, 0.1) is 24.2 Å². The Labute approximate surface area is 270 Å². The second-order valence-corrected chi connectivity index (χ2v) is 11.1. The highest BCUT2D eigenvalue weighted by atomic mass is 79.9. The molecule has 0 aliphatic rings. The molecule has 2 aromatic heterocycles. The van der Waals surface area contributed by atoms with Crippen molar-refractivity contribution in [1.29, 1.82) is 0 Å². The summed E-state index contributed by atoms with van der Waals surface area (Å²) in [7, 11) is 1.48. The van der Waals surface area contributed by atoms with E-state index in [1.807, 2.05) is 30.3 Å². The fourth-order valence-corrected chi connectivity index (χ4v) is 5.30. The number of nitrogens with zero attached hydrogens (tertiary/aromatic N) is 3. The molecule has 0 radical (unpaired) electrons. The van der Waals surface area contributed by atoms with Crippen LogP contribution >= 0.6 is 15.9 Å².